The molecule has 0 aliphatic rings. The number of nitrogens with zero attached hydrogens (tertiary/aromatic N) is 3. The zero-order valence-electron chi connectivity index (χ0n) is 14.6. The van der Waals surface area contributed by atoms with Crippen LogP contribution < -0.4 is 0 Å². The molecule has 0 radical (unpaired) electrons. The Labute approximate surface area is 136 Å². The minimum absolute atomic E-state index is 0.106. The van der Waals surface area contributed by atoms with Crippen molar-refractivity contribution < 1.29 is 0 Å². The maximum Gasteiger partial charge on any atom is 0.119 e. The van der Waals surface area contributed by atoms with Gasteiger partial charge in [-0.2, -0.15) is 5.26 Å². The lowest BCUT2D eigenvalue weighted by Gasteiger charge is -2.09. The molecule has 1 rings (SSSR count). The number of nitriles is 1. The van der Waals surface area contributed by atoms with Gasteiger partial charge in [0, 0.05) is 18.8 Å². The maximum absolute atomic E-state index is 8.99. The van der Waals surface area contributed by atoms with Crippen LogP contribution in [0, 0.1) is 11.3 Å². The summed E-state index contributed by atoms with van der Waals surface area (Å²) in [6.07, 6.45) is 19.7. The highest BCUT2D eigenvalue weighted by Crippen LogP contribution is 2.14. The van der Waals surface area contributed by atoms with Crippen molar-refractivity contribution in [2.45, 2.75) is 96.9 Å². The zero-order valence-corrected chi connectivity index (χ0v) is 14.6. The van der Waals surface area contributed by atoms with E-state index in [4.69, 9.17) is 5.26 Å². The summed E-state index contributed by atoms with van der Waals surface area (Å²) in [5, 5.41) is 8.99. The minimum Gasteiger partial charge on any atom is -0.319 e. The van der Waals surface area contributed by atoms with Crippen LogP contribution in [0.2, 0.25) is 0 Å². The summed E-state index contributed by atoms with van der Waals surface area (Å²) in [5.41, 5.74) is 0. The molecule has 1 unspecified atom stereocenters. The normalized spacial score (nSPS) is 12.2. The number of rotatable bonds is 13. The van der Waals surface area contributed by atoms with Crippen LogP contribution >= 0.6 is 0 Å². The fourth-order valence-electron chi connectivity index (χ4n) is 2.90. The van der Waals surface area contributed by atoms with Gasteiger partial charge in [0.15, 0.2) is 0 Å². The number of unbranched alkanes of at least 4 members (excludes halogenated alkanes) is 10. The van der Waals surface area contributed by atoms with Gasteiger partial charge in [0.2, 0.25) is 0 Å². The molecular weight excluding hydrogens is 270 g/mol. The topological polar surface area (TPSA) is 41.6 Å². The highest BCUT2D eigenvalue weighted by atomic mass is 15.1. The Bertz CT molecular complexity index is 417. The molecule has 0 aliphatic carbocycles. The van der Waals surface area contributed by atoms with Crippen molar-refractivity contribution in [3.63, 3.8) is 0 Å². The van der Waals surface area contributed by atoms with Crippen molar-refractivity contribution in [3.8, 4) is 6.07 Å². The number of aryl methyl sites for hydroxylation is 1. The number of hydrogen-bond acceptors (Lipinski definition) is 2. The zero-order chi connectivity index (χ0) is 16.0. The Morgan fingerprint density at radius 1 is 1.00 bits per heavy atom. The summed E-state index contributed by atoms with van der Waals surface area (Å²) < 4.78 is 2.00. The third kappa shape index (κ3) is 7.64. The molecule has 0 amide bonds. The maximum atomic E-state index is 8.99. The lowest BCUT2D eigenvalue weighted by Crippen LogP contribution is -2.06. The van der Waals surface area contributed by atoms with Gasteiger partial charge in [-0.3, -0.25) is 0 Å². The first-order valence-corrected chi connectivity index (χ1v) is 9.21. The molecule has 3 heteroatoms. The van der Waals surface area contributed by atoms with E-state index in [-0.39, 0.29) is 6.04 Å². The highest BCUT2D eigenvalue weighted by molar-refractivity contribution is 5.00. The van der Waals surface area contributed by atoms with E-state index in [0.717, 1.165) is 12.2 Å². The molecule has 1 aromatic rings. The standard InChI is InChI=1S/C19H33N3/c1-3-4-5-6-7-8-9-10-11-12-13-14-19-21-15-16-22(19)18(2)17-20/h15-16,18H,3-14H2,1-2H3. The Morgan fingerprint density at radius 3 is 2.09 bits per heavy atom. The van der Waals surface area contributed by atoms with Crippen molar-refractivity contribution in [2.75, 3.05) is 0 Å². The molecule has 0 aromatic carbocycles. The Balaban J connectivity index is 1.98. The largest absolute Gasteiger partial charge is 0.319 e. The smallest absolute Gasteiger partial charge is 0.119 e. The van der Waals surface area contributed by atoms with E-state index in [1.165, 1.54) is 70.6 Å². The van der Waals surface area contributed by atoms with Gasteiger partial charge in [0.1, 0.15) is 11.9 Å². The first kappa shape index (κ1) is 18.7. The second-order valence-electron chi connectivity index (χ2n) is 6.34. The van der Waals surface area contributed by atoms with Crippen molar-refractivity contribution in [3.05, 3.63) is 18.2 Å². The summed E-state index contributed by atoms with van der Waals surface area (Å²) in [6.45, 7) is 4.19. The third-order valence-corrected chi connectivity index (χ3v) is 4.36. The van der Waals surface area contributed by atoms with Gasteiger partial charge in [-0.15, -0.1) is 0 Å². The molecule has 1 heterocycles. The molecule has 0 N–H and O–H groups in total. The van der Waals surface area contributed by atoms with Crippen LogP contribution in [0.4, 0.5) is 0 Å². The van der Waals surface area contributed by atoms with Crippen LogP contribution in [0.5, 0.6) is 0 Å². The van der Waals surface area contributed by atoms with Crippen LogP contribution in [0.25, 0.3) is 0 Å². The molecule has 0 saturated carbocycles. The van der Waals surface area contributed by atoms with Crippen LogP contribution in [-0.2, 0) is 6.42 Å². The average Bonchev–Trinajstić information content (AvgIpc) is 3.00. The average molecular weight is 303 g/mol. The van der Waals surface area contributed by atoms with E-state index < -0.39 is 0 Å². The quantitative estimate of drug-likeness (QED) is 0.431. The van der Waals surface area contributed by atoms with Crippen molar-refractivity contribution in [2.24, 2.45) is 0 Å². The summed E-state index contributed by atoms with van der Waals surface area (Å²) in [7, 11) is 0. The molecule has 1 atom stereocenters. The first-order chi connectivity index (χ1) is 10.8. The van der Waals surface area contributed by atoms with E-state index in [0.29, 0.717) is 0 Å². The minimum atomic E-state index is -0.106. The number of aromatic nitrogens is 2. The summed E-state index contributed by atoms with van der Waals surface area (Å²) in [4.78, 5) is 4.38. The molecular formula is C19H33N3. The van der Waals surface area contributed by atoms with Crippen molar-refractivity contribution >= 4 is 0 Å². The summed E-state index contributed by atoms with van der Waals surface area (Å²) in [6, 6.07) is 2.17. The van der Waals surface area contributed by atoms with E-state index >= 15 is 0 Å². The van der Waals surface area contributed by atoms with Crippen molar-refractivity contribution in [1.82, 2.24) is 9.55 Å². The van der Waals surface area contributed by atoms with E-state index in [2.05, 4.69) is 18.0 Å². The van der Waals surface area contributed by atoms with E-state index in [9.17, 15) is 0 Å². The van der Waals surface area contributed by atoms with E-state index in [1.54, 1.807) is 0 Å². The fraction of sp³-hybridized carbons (Fsp3) is 0.789. The molecule has 0 saturated heterocycles. The highest BCUT2D eigenvalue weighted by Gasteiger charge is 2.08. The fourth-order valence-corrected chi connectivity index (χ4v) is 2.90. The van der Waals surface area contributed by atoms with Gasteiger partial charge in [-0.1, -0.05) is 71.1 Å². The number of hydrogen-bond donors (Lipinski definition) is 0. The van der Waals surface area contributed by atoms with Crippen LogP contribution in [-0.4, -0.2) is 9.55 Å². The molecule has 1 aromatic heterocycles. The Kier molecular flexibility index (Phi) is 10.5. The third-order valence-electron chi connectivity index (χ3n) is 4.36. The molecule has 124 valence electrons. The Hall–Kier alpha value is -1.30. The molecule has 0 spiro atoms. The molecule has 22 heavy (non-hydrogen) atoms. The van der Waals surface area contributed by atoms with Gasteiger partial charge in [0.05, 0.1) is 6.07 Å². The van der Waals surface area contributed by atoms with Crippen LogP contribution in [0.15, 0.2) is 12.4 Å². The van der Waals surface area contributed by atoms with Crippen LogP contribution in [0.1, 0.15) is 96.3 Å². The van der Waals surface area contributed by atoms with Gasteiger partial charge >= 0.3 is 0 Å². The summed E-state index contributed by atoms with van der Waals surface area (Å²) >= 11 is 0. The van der Waals surface area contributed by atoms with Gasteiger partial charge in [-0.05, 0) is 13.3 Å². The van der Waals surface area contributed by atoms with Crippen LogP contribution in [0.3, 0.4) is 0 Å². The molecule has 0 aliphatic heterocycles. The van der Waals surface area contributed by atoms with Gasteiger partial charge < -0.3 is 4.57 Å². The van der Waals surface area contributed by atoms with Gasteiger partial charge in [-0.25, -0.2) is 4.98 Å². The van der Waals surface area contributed by atoms with Gasteiger partial charge in [0.25, 0.3) is 0 Å². The Morgan fingerprint density at radius 2 is 1.55 bits per heavy atom. The first-order valence-electron chi connectivity index (χ1n) is 9.21. The SMILES string of the molecule is CCCCCCCCCCCCCc1nccn1C(C)C#N. The molecule has 0 bridgehead atoms. The predicted molar refractivity (Wildman–Crippen MR) is 92.7 cm³/mol. The van der Waals surface area contributed by atoms with Crippen molar-refractivity contribution in [1.29, 1.82) is 5.26 Å². The monoisotopic (exact) mass is 303 g/mol. The summed E-state index contributed by atoms with van der Waals surface area (Å²) in [5.74, 6) is 1.06. The van der Waals surface area contributed by atoms with E-state index in [1.807, 2.05) is 23.9 Å². The second kappa shape index (κ2) is 12.3. The lowest BCUT2D eigenvalue weighted by atomic mass is 10.1. The number of imidazole rings is 1. The second-order valence-corrected chi connectivity index (χ2v) is 6.34. The molecule has 3 nitrogen and oxygen atoms in total. The molecule has 0 fully saturated rings. The predicted octanol–water partition coefficient (Wildman–Crippen LogP) is 5.82. The lowest BCUT2D eigenvalue weighted by molar-refractivity contribution is 0.542.